The number of pyridine rings is 2. The normalized spacial score (nSPS) is 14.1. The van der Waals surface area contributed by atoms with Crippen LogP contribution < -0.4 is 5.32 Å². The maximum Gasteiger partial charge on any atom is 0.227 e. The van der Waals surface area contributed by atoms with Gasteiger partial charge >= 0.3 is 0 Å². The molecule has 4 aromatic heterocycles. The summed E-state index contributed by atoms with van der Waals surface area (Å²) in [4.78, 5) is 29.9. The van der Waals surface area contributed by atoms with Crippen molar-refractivity contribution < 1.29 is 9.18 Å². The molecule has 0 saturated heterocycles. The highest BCUT2D eigenvalue weighted by Crippen LogP contribution is 2.33. The average molecular weight is 546 g/mol. The molecule has 0 radical (unpaired) electrons. The number of benzene rings is 2. The molecule has 4 heterocycles. The number of carbonyl (C=O) groups is 1. The molecule has 1 aliphatic carbocycles. The fourth-order valence-electron chi connectivity index (χ4n) is 5.78. The van der Waals surface area contributed by atoms with Crippen molar-refractivity contribution in [2.24, 2.45) is 5.92 Å². The lowest BCUT2D eigenvalue weighted by Crippen LogP contribution is -2.24. The second kappa shape index (κ2) is 10.2. The lowest BCUT2D eigenvalue weighted by Gasteiger charge is -2.20. The zero-order chi connectivity index (χ0) is 27.9. The molecule has 0 bridgehead atoms. The summed E-state index contributed by atoms with van der Waals surface area (Å²) in [5, 5.41) is 11.6. The van der Waals surface area contributed by atoms with Crippen molar-refractivity contribution in [3.05, 3.63) is 78.5 Å². The van der Waals surface area contributed by atoms with Crippen molar-refractivity contribution in [3.63, 3.8) is 0 Å². The molecule has 9 heteroatoms. The molecular weight excluding hydrogens is 517 g/mol. The number of rotatable bonds is 5. The fourth-order valence-corrected chi connectivity index (χ4v) is 5.78. The topological polar surface area (TPSA) is 112 Å². The number of hydrogen-bond donors (Lipinski definition) is 3. The largest absolute Gasteiger partial charge is 0.336 e. The van der Waals surface area contributed by atoms with E-state index in [1.165, 1.54) is 18.6 Å². The smallest absolute Gasteiger partial charge is 0.227 e. The predicted octanol–water partition coefficient (Wildman–Crippen LogP) is 7.20. The second-order valence-electron chi connectivity index (χ2n) is 10.8. The van der Waals surface area contributed by atoms with Crippen molar-refractivity contribution in [3.8, 4) is 33.9 Å². The summed E-state index contributed by atoms with van der Waals surface area (Å²) in [5.74, 6) is 0.412. The molecule has 1 amide bonds. The van der Waals surface area contributed by atoms with E-state index in [0.717, 1.165) is 58.8 Å². The molecule has 1 saturated carbocycles. The van der Waals surface area contributed by atoms with Crippen LogP contribution in [0.2, 0.25) is 0 Å². The Labute approximate surface area is 235 Å². The maximum atomic E-state index is 14.2. The minimum absolute atomic E-state index is 0.0710. The van der Waals surface area contributed by atoms with Crippen LogP contribution in [0.1, 0.15) is 37.7 Å². The van der Waals surface area contributed by atoms with Crippen LogP contribution in [0, 0.1) is 18.7 Å². The van der Waals surface area contributed by atoms with Gasteiger partial charge in [-0.15, -0.1) is 0 Å². The first-order valence-corrected chi connectivity index (χ1v) is 13.9. The van der Waals surface area contributed by atoms with Gasteiger partial charge in [0.05, 0.1) is 28.6 Å². The number of H-pyrrole nitrogens is 2. The number of hydrogen-bond acceptors (Lipinski definition) is 5. The minimum atomic E-state index is -0.313. The zero-order valence-electron chi connectivity index (χ0n) is 22.5. The average Bonchev–Trinajstić information content (AvgIpc) is 3.61. The molecule has 8 nitrogen and oxygen atoms in total. The third-order valence-corrected chi connectivity index (χ3v) is 7.82. The number of nitrogens with zero attached hydrogens (tertiary/aromatic N) is 4. The van der Waals surface area contributed by atoms with E-state index in [1.54, 1.807) is 18.6 Å². The van der Waals surface area contributed by atoms with Gasteiger partial charge in [-0.1, -0.05) is 25.3 Å². The number of fused-ring (bicyclic) bond motifs is 2. The summed E-state index contributed by atoms with van der Waals surface area (Å²) in [6.07, 6.45) is 10.5. The fraction of sp³-hybridized carbons (Fsp3) is 0.219. The third kappa shape index (κ3) is 4.84. The van der Waals surface area contributed by atoms with Gasteiger partial charge in [-0.2, -0.15) is 5.10 Å². The summed E-state index contributed by atoms with van der Waals surface area (Å²) < 4.78 is 14.2. The summed E-state index contributed by atoms with van der Waals surface area (Å²) in [7, 11) is 0. The monoisotopic (exact) mass is 545 g/mol. The molecule has 0 atom stereocenters. The number of halogens is 1. The molecule has 1 aliphatic rings. The van der Waals surface area contributed by atoms with Crippen LogP contribution in [-0.4, -0.2) is 36.0 Å². The first-order valence-electron chi connectivity index (χ1n) is 13.9. The van der Waals surface area contributed by atoms with E-state index >= 15 is 0 Å². The summed E-state index contributed by atoms with van der Waals surface area (Å²) in [6.45, 7) is 1.85. The number of carbonyl (C=O) groups excluding carboxylic acids is 1. The lowest BCUT2D eigenvalue weighted by atomic mass is 9.88. The first kappa shape index (κ1) is 25.1. The van der Waals surface area contributed by atoms with E-state index < -0.39 is 0 Å². The number of aromatic amines is 2. The molecule has 3 N–H and O–H groups in total. The molecular formula is C32H28FN7O. The zero-order valence-corrected chi connectivity index (χ0v) is 22.5. The summed E-state index contributed by atoms with van der Waals surface area (Å²) >= 11 is 0. The Balaban J connectivity index is 1.23. The molecule has 6 aromatic rings. The number of anilines is 1. The van der Waals surface area contributed by atoms with Gasteiger partial charge in [0, 0.05) is 34.8 Å². The third-order valence-electron chi connectivity index (χ3n) is 7.82. The molecule has 0 aliphatic heterocycles. The van der Waals surface area contributed by atoms with Gasteiger partial charge in [0.25, 0.3) is 0 Å². The van der Waals surface area contributed by atoms with Gasteiger partial charge in [-0.25, -0.2) is 9.37 Å². The van der Waals surface area contributed by atoms with Crippen LogP contribution in [0.25, 0.3) is 55.8 Å². The van der Waals surface area contributed by atoms with Crippen LogP contribution in [-0.2, 0) is 4.79 Å². The highest BCUT2D eigenvalue weighted by atomic mass is 19.1. The van der Waals surface area contributed by atoms with Crippen molar-refractivity contribution >= 4 is 33.5 Å². The van der Waals surface area contributed by atoms with E-state index in [2.05, 4.69) is 30.5 Å². The molecule has 0 spiro atoms. The summed E-state index contributed by atoms with van der Waals surface area (Å²) in [5.41, 5.74) is 7.55. The van der Waals surface area contributed by atoms with Crippen LogP contribution in [0.5, 0.6) is 0 Å². The SMILES string of the molecule is Cc1cc(F)cc(-c2nccc3[nH]c(-c4n[nH]c5ccc(-c6cncc(NC(=O)C7CCCCC7)c6)cc45)nc23)c1. The van der Waals surface area contributed by atoms with Crippen molar-refractivity contribution in [2.75, 3.05) is 5.32 Å². The molecule has 204 valence electrons. The number of aromatic nitrogens is 6. The first-order chi connectivity index (χ1) is 20.0. The van der Waals surface area contributed by atoms with Crippen LogP contribution >= 0.6 is 0 Å². The Morgan fingerprint density at radius 3 is 2.66 bits per heavy atom. The molecule has 41 heavy (non-hydrogen) atoms. The maximum absolute atomic E-state index is 14.2. The van der Waals surface area contributed by atoms with Gasteiger partial charge in [-0.05, 0) is 73.4 Å². The van der Waals surface area contributed by atoms with Gasteiger partial charge in [-0.3, -0.25) is 19.9 Å². The van der Waals surface area contributed by atoms with Gasteiger partial charge in [0.1, 0.15) is 17.0 Å². The van der Waals surface area contributed by atoms with Crippen molar-refractivity contribution in [1.82, 2.24) is 30.1 Å². The van der Waals surface area contributed by atoms with Crippen LogP contribution in [0.15, 0.2) is 67.1 Å². The lowest BCUT2D eigenvalue weighted by molar-refractivity contribution is -0.120. The van der Waals surface area contributed by atoms with Crippen molar-refractivity contribution in [1.29, 1.82) is 0 Å². The van der Waals surface area contributed by atoms with Crippen LogP contribution in [0.4, 0.5) is 10.1 Å². The second-order valence-corrected chi connectivity index (χ2v) is 10.8. The Kier molecular flexibility index (Phi) is 6.26. The Bertz CT molecular complexity index is 1900. The van der Waals surface area contributed by atoms with Gasteiger partial charge < -0.3 is 10.3 Å². The van der Waals surface area contributed by atoms with E-state index in [9.17, 15) is 9.18 Å². The quantitative estimate of drug-likeness (QED) is 0.212. The minimum Gasteiger partial charge on any atom is -0.336 e. The number of imidazole rings is 1. The standard InChI is InChI=1S/C32H28FN7O/c1-18-11-21(13-23(33)12-18)28-30-27(9-10-35-28)37-31(38-30)29-25-15-20(7-8-26(25)39-40-29)22-14-24(17-34-16-22)36-32(41)19-5-3-2-4-6-19/h7-17,19H,2-6H2,1H3,(H,36,41)(H,37,38)(H,39,40). The molecule has 1 fully saturated rings. The Morgan fingerprint density at radius 1 is 0.927 bits per heavy atom. The number of nitrogens with one attached hydrogen (secondary N) is 3. The Morgan fingerprint density at radius 2 is 1.80 bits per heavy atom. The molecule has 0 unspecified atom stereocenters. The Hall–Kier alpha value is -4.92. The van der Waals surface area contributed by atoms with E-state index in [0.29, 0.717) is 34.0 Å². The molecule has 2 aromatic carbocycles. The van der Waals surface area contributed by atoms with E-state index in [-0.39, 0.29) is 17.6 Å². The van der Waals surface area contributed by atoms with Crippen LogP contribution in [0.3, 0.4) is 0 Å². The van der Waals surface area contributed by atoms with Gasteiger partial charge in [0.2, 0.25) is 5.91 Å². The molecule has 7 rings (SSSR count). The number of amides is 1. The number of aryl methyl sites for hydroxylation is 1. The highest BCUT2D eigenvalue weighted by Gasteiger charge is 2.21. The van der Waals surface area contributed by atoms with Crippen molar-refractivity contribution in [2.45, 2.75) is 39.0 Å². The van der Waals surface area contributed by atoms with Gasteiger partial charge in [0.15, 0.2) is 5.82 Å². The predicted molar refractivity (Wildman–Crippen MR) is 158 cm³/mol. The van der Waals surface area contributed by atoms with E-state index in [4.69, 9.17) is 4.98 Å². The van der Waals surface area contributed by atoms with E-state index in [1.807, 2.05) is 43.3 Å². The highest BCUT2D eigenvalue weighted by molar-refractivity contribution is 5.98. The summed E-state index contributed by atoms with van der Waals surface area (Å²) in [6, 6.07) is 14.7.